The van der Waals surface area contributed by atoms with E-state index in [0.717, 1.165) is 17.5 Å². The van der Waals surface area contributed by atoms with Gasteiger partial charge >= 0.3 is 0 Å². The van der Waals surface area contributed by atoms with Crippen LogP contribution in [0.3, 0.4) is 0 Å². The van der Waals surface area contributed by atoms with E-state index in [4.69, 9.17) is 0 Å². The van der Waals surface area contributed by atoms with Crippen LogP contribution in [-0.4, -0.2) is 0 Å². The average Bonchev–Trinajstić information content (AvgIpc) is 2.41. The minimum atomic E-state index is 0.975. The Hall–Kier alpha value is -1.92. The fraction of sp³-hybridized carbons (Fsp3) is 0.333. The van der Waals surface area contributed by atoms with Crippen molar-refractivity contribution in [3.05, 3.63) is 48.0 Å². The molecular weight excluding hydrogens is 216 g/mol. The van der Waals surface area contributed by atoms with Gasteiger partial charge in [0.2, 0.25) is 0 Å². The van der Waals surface area contributed by atoms with Gasteiger partial charge in [0.25, 0.3) is 0 Å². The van der Waals surface area contributed by atoms with E-state index in [1.807, 2.05) is 24.3 Å². The van der Waals surface area contributed by atoms with Crippen molar-refractivity contribution in [3.8, 4) is 23.7 Å². The van der Waals surface area contributed by atoms with Crippen molar-refractivity contribution in [2.24, 2.45) is 0 Å². The molecule has 1 aromatic rings. The average molecular weight is 236 g/mol. The van der Waals surface area contributed by atoms with Gasteiger partial charge in [0.05, 0.1) is 0 Å². The third-order valence-electron chi connectivity index (χ3n) is 2.61. The Morgan fingerprint density at radius 1 is 1.06 bits per heavy atom. The van der Waals surface area contributed by atoms with Crippen molar-refractivity contribution in [1.82, 2.24) is 0 Å². The summed E-state index contributed by atoms with van der Waals surface area (Å²) in [6.45, 7) is 5.82. The Balaban J connectivity index is 2.61. The van der Waals surface area contributed by atoms with Gasteiger partial charge in [0.15, 0.2) is 0 Å². The minimum absolute atomic E-state index is 0.975. The van der Waals surface area contributed by atoms with Crippen LogP contribution in [0.4, 0.5) is 0 Å². The van der Waals surface area contributed by atoms with E-state index in [1.54, 1.807) is 6.08 Å². The van der Waals surface area contributed by atoms with E-state index in [2.05, 4.69) is 37.2 Å². The Morgan fingerprint density at radius 3 is 2.44 bits per heavy atom. The first-order valence-corrected chi connectivity index (χ1v) is 6.58. The molecule has 1 aromatic carbocycles. The molecule has 0 amide bonds. The molecule has 0 spiro atoms. The number of allylic oxidation sites excluding steroid dienone is 1. The number of rotatable bonds is 4. The maximum Gasteiger partial charge on any atom is 0.0405 e. The highest BCUT2D eigenvalue weighted by molar-refractivity contribution is 5.50. The summed E-state index contributed by atoms with van der Waals surface area (Å²) >= 11 is 0. The van der Waals surface area contributed by atoms with E-state index in [9.17, 15) is 0 Å². The summed E-state index contributed by atoms with van der Waals surface area (Å²) in [5, 5.41) is 0. The molecule has 18 heavy (non-hydrogen) atoms. The van der Waals surface area contributed by atoms with Gasteiger partial charge in [-0.15, -0.1) is 0 Å². The lowest BCUT2D eigenvalue weighted by Gasteiger charge is -1.95. The van der Waals surface area contributed by atoms with Crippen LogP contribution < -0.4 is 0 Å². The molecule has 0 heterocycles. The van der Waals surface area contributed by atoms with Crippen LogP contribution in [0.1, 0.15) is 50.2 Å². The first kappa shape index (κ1) is 14.1. The van der Waals surface area contributed by atoms with Gasteiger partial charge in [0, 0.05) is 17.5 Å². The smallest absolute Gasteiger partial charge is 0.0405 e. The SMILES string of the molecule is C=CC#Cc1ccccc1C#CCCCCCC. The molecule has 0 saturated carbocycles. The lowest BCUT2D eigenvalue weighted by atomic mass is 10.1. The predicted molar refractivity (Wildman–Crippen MR) is 79.2 cm³/mol. The largest absolute Gasteiger partial charge is 0.0978 e. The second kappa shape index (κ2) is 9.15. The Kier molecular flexibility index (Phi) is 7.19. The summed E-state index contributed by atoms with van der Waals surface area (Å²) in [6, 6.07) is 8.00. The van der Waals surface area contributed by atoms with Gasteiger partial charge in [0.1, 0.15) is 0 Å². The molecule has 0 N–H and O–H groups in total. The first-order chi connectivity index (χ1) is 8.88. The molecule has 0 aliphatic carbocycles. The van der Waals surface area contributed by atoms with Crippen molar-refractivity contribution >= 4 is 0 Å². The highest BCUT2D eigenvalue weighted by atomic mass is 14.0. The fourth-order valence-corrected chi connectivity index (χ4v) is 1.63. The Labute approximate surface area is 111 Å². The Bertz CT molecular complexity index is 486. The van der Waals surface area contributed by atoms with Crippen LogP contribution >= 0.6 is 0 Å². The first-order valence-electron chi connectivity index (χ1n) is 6.58. The lowest BCUT2D eigenvalue weighted by Crippen LogP contribution is -1.82. The molecule has 0 nitrogen and oxygen atoms in total. The lowest BCUT2D eigenvalue weighted by molar-refractivity contribution is 0.679. The summed E-state index contributed by atoms with van der Waals surface area (Å²) in [5.41, 5.74) is 2.00. The van der Waals surface area contributed by atoms with E-state index >= 15 is 0 Å². The molecule has 0 aromatic heterocycles. The number of unbranched alkanes of at least 4 members (excludes halogenated alkanes) is 4. The third-order valence-corrected chi connectivity index (χ3v) is 2.61. The van der Waals surface area contributed by atoms with Crippen LogP contribution in [0.5, 0.6) is 0 Å². The van der Waals surface area contributed by atoms with Crippen molar-refractivity contribution in [1.29, 1.82) is 0 Å². The minimum Gasteiger partial charge on any atom is -0.0978 e. The monoisotopic (exact) mass is 236 g/mol. The maximum absolute atomic E-state index is 3.60. The van der Waals surface area contributed by atoms with E-state index < -0.39 is 0 Å². The molecule has 0 saturated heterocycles. The molecule has 0 atom stereocenters. The standard InChI is InChI=1S/C18H20/c1-3-5-7-8-9-10-14-18-16-12-11-15-17(18)13-6-4-2/h4,11-12,15-16H,2-3,5,7-9H2,1H3. The van der Waals surface area contributed by atoms with Crippen LogP contribution in [0.2, 0.25) is 0 Å². The summed E-state index contributed by atoms with van der Waals surface area (Å²) in [5.74, 6) is 12.4. The summed E-state index contributed by atoms with van der Waals surface area (Å²) in [4.78, 5) is 0. The predicted octanol–water partition coefficient (Wildman–Crippen LogP) is 4.55. The normalized spacial score (nSPS) is 8.72. The summed E-state index contributed by atoms with van der Waals surface area (Å²) in [7, 11) is 0. The van der Waals surface area contributed by atoms with Gasteiger partial charge in [-0.2, -0.15) is 0 Å². The van der Waals surface area contributed by atoms with Gasteiger partial charge in [-0.1, -0.05) is 68.6 Å². The topological polar surface area (TPSA) is 0 Å². The third kappa shape index (κ3) is 5.42. The molecule has 0 bridgehead atoms. The van der Waals surface area contributed by atoms with Crippen LogP contribution in [-0.2, 0) is 0 Å². The van der Waals surface area contributed by atoms with E-state index in [0.29, 0.717) is 0 Å². The van der Waals surface area contributed by atoms with E-state index in [1.165, 1.54) is 25.7 Å². The van der Waals surface area contributed by atoms with Crippen LogP contribution in [0.15, 0.2) is 36.9 Å². The van der Waals surface area contributed by atoms with Crippen LogP contribution in [0, 0.1) is 23.7 Å². The molecule has 0 heteroatoms. The molecule has 0 unspecified atom stereocenters. The molecule has 92 valence electrons. The molecule has 0 radical (unpaired) electrons. The van der Waals surface area contributed by atoms with Crippen molar-refractivity contribution in [2.75, 3.05) is 0 Å². The zero-order valence-electron chi connectivity index (χ0n) is 11.1. The molecule has 0 fully saturated rings. The molecule has 0 aliphatic rings. The fourth-order valence-electron chi connectivity index (χ4n) is 1.63. The van der Waals surface area contributed by atoms with Crippen molar-refractivity contribution in [3.63, 3.8) is 0 Å². The second-order valence-corrected chi connectivity index (χ2v) is 4.13. The summed E-state index contributed by atoms with van der Waals surface area (Å²) in [6.07, 6.45) is 7.64. The molecular formula is C18H20. The van der Waals surface area contributed by atoms with Crippen LogP contribution in [0.25, 0.3) is 0 Å². The number of benzene rings is 1. The highest BCUT2D eigenvalue weighted by Gasteiger charge is 1.93. The van der Waals surface area contributed by atoms with Gasteiger partial charge in [-0.3, -0.25) is 0 Å². The second-order valence-electron chi connectivity index (χ2n) is 4.13. The van der Waals surface area contributed by atoms with E-state index in [-0.39, 0.29) is 0 Å². The van der Waals surface area contributed by atoms with Crippen molar-refractivity contribution in [2.45, 2.75) is 39.0 Å². The van der Waals surface area contributed by atoms with Gasteiger partial charge in [-0.05, 0) is 24.6 Å². The van der Waals surface area contributed by atoms with Gasteiger partial charge < -0.3 is 0 Å². The Morgan fingerprint density at radius 2 is 1.78 bits per heavy atom. The quantitative estimate of drug-likeness (QED) is 0.531. The molecule has 1 rings (SSSR count). The number of hydrogen-bond acceptors (Lipinski definition) is 0. The summed E-state index contributed by atoms with van der Waals surface area (Å²) < 4.78 is 0. The zero-order chi connectivity index (χ0) is 13.1. The molecule has 0 aliphatic heterocycles. The number of hydrogen-bond donors (Lipinski definition) is 0. The van der Waals surface area contributed by atoms with Crippen molar-refractivity contribution < 1.29 is 0 Å². The zero-order valence-corrected chi connectivity index (χ0v) is 11.1. The van der Waals surface area contributed by atoms with Gasteiger partial charge in [-0.25, -0.2) is 0 Å². The maximum atomic E-state index is 3.60. The highest BCUT2D eigenvalue weighted by Crippen LogP contribution is 2.06.